The lowest BCUT2D eigenvalue weighted by atomic mass is 9.95. The summed E-state index contributed by atoms with van der Waals surface area (Å²) >= 11 is 6.40. The minimum atomic E-state index is -2.09. The van der Waals surface area contributed by atoms with E-state index in [4.69, 9.17) is 0 Å². The van der Waals surface area contributed by atoms with E-state index in [1.165, 1.54) is 6.07 Å². The van der Waals surface area contributed by atoms with Crippen LogP contribution in [0.5, 0.6) is 0 Å². The third-order valence-corrected chi connectivity index (χ3v) is 3.96. The summed E-state index contributed by atoms with van der Waals surface area (Å²) in [5.41, 5.74) is 0.175. The second-order valence-corrected chi connectivity index (χ2v) is 5.83. The number of ketones is 2. The first kappa shape index (κ1) is 15.5. The van der Waals surface area contributed by atoms with Crippen molar-refractivity contribution in [2.45, 2.75) is 26.4 Å². The predicted octanol–water partition coefficient (Wildman–Crippen LogP) is 4.35. The van der Waals surface area contributed by atoms with Crippen molar-refractivity contribution in [2.75, 3.05) is 0 Å². The molecule has 1 rings (SSSR count). The van der Waals surface area contributed by atoms with Gasteiger partial charge in [0.2, 0.25) is 12.0 Å². The molecule has 18 heavy (non-hydrogen) atoms. The van der Waals surface area contributed by atoms with Gasteiger partial charge in [0.1, 0.15) is 0 Å². The highest BCUT2D eigenvalue weighted by Gasteiger charge is 2.31. The van der Waals surface area contributed by atoms with Gasteiger partial charge < -0.3 is 0 Å². The van der Waals surface area contributed by atoms with Crippen LogP contribution in [0, 0.1) is 5.92 Å². The molecule has 0 aliphatic rings. The lowest BCUT2D eigenvalue weighted by molar-refractivity contribution is -0.125. The fourth-order valence-corrected chi connectivity index (χ4v) is 2.21. The Morgan fingerprint density at radius 3 is 2.50 bits per heavy atom. The van der Waals surface area contributed by atoms with Gasteiger partial charge in [0.15, 0.2) is 5.78 Å². The lowest BCUT2D eigenvalue weighted by Gasteiger charge is -2.12. The molecule has 1 aromatic carbocycles. The van der Waals surface area contributed by atoms with Gasteiger partial charge in [-0.15, -0.1) is 0 Å². The van der Waals surface area contributed by atoms with Gasteiger partial charge >= 0.3 is 0 Å². The number of rotatable bonds is 5. The van der Waals surface area contributed by atoms with Crippen molar-refractivity contribution in [2.24, 2.45) is 5.92 Å². The zero-order valence-electron chi connectivity index (χ0n) is 10.0. The average Bonchev–Trinajstić information content (AvgIpc) is 2.38. The van der Waals surface area contributed by atoms with Crippen molar-refractivity contribution in [3.8, 4) is 0 Å². The van der Waals surface area contributed by atoms with Gasteiger partial charge in [-0.2, -0.15) is 0 Å². The van der Waals surface area contributed by atoms with Crippen molar-refractivity contribution >= 4 is 43.4 Å². The van der Waals surface area contributed by atoms with Gasteiger partial charge in [-0.25, -0.2) is 4.39 Å². The number of Topliss-reactive ketones (excluding diaryl/α,β-unsaturated/α-hetero) is 2. The summed E-state index contributed by atoms with van der Waals surface area (Å²) in [5, 5.41) is 0. The van der Waals surface area contributed by atoms with Gasteiger partial charge in [0.05, 0.1) is 0 Å². The Balaban J connectivity index is 3.00. The van der Waals surface area contributed by atoms with E-state index in [0.29, 0.717) is 15.4 Å². The van der Waals surface area contributed by atoms with E-state index < -0.39 is 23.7 Å². The molecular weight excluding hydrogens is 367 g/mol. The molecule has 0 saturated heterocycles. The van der Waals surface area contributed by atoms with E-state index in [2.05, 4.69) is 31.9 Å². The van der Waals surface area contributed by atoms with Crippen LogP contribution in [-0.4, -0.2) is 17.7 Å². The fraction of sp³-hybridized carbons (Fsp3) is 0.385. The largest absolute Gasteiger partial charge is 0.296 e. The zero-order chi connectivity index (χ0) is 13.9. The number of hydrogen-bond donors (Lipinski definition) is 0. The summed E-state index contributed by atoms with van der Waals surface area (Å²) in [5.74, 6) is -1.90. The quantitative estimate of drug-likeness (QED) is 0.563. The summed E-state index contributed by atoms with van der Waals surface area (Å²) in [6, 6.07) is 4.87. The minimum Gasteiger partial charge on any atom is -0.296 e. The lowest BCUT2D eigenvalue weighted by Crippen LogP contribution is -2.30. The van der Waals surface area contributed by atoms with Gasteiger partial charge in [0.25, 0.3) is 0 Å². The topological polar surface area (TPSA) is 34.1 Å². The van der Waals surface area contributed by atoms with Crippen LogP contribution in [0.1, 0.15) is 30.6 Å². The number of carbonyl (C=O) groups excluding carboxylic acids is 2. The molecule has 0 bridgehead atoms. The van der Waals surface area contributed by atoms with Crippen LogP contribution in [0.2, 0.25) is 0 Å². The molecule has 1 aromatic rings. The first-order chi connectivity index (χ1) is 8.38. The van der Waals surface area contributed by atoms with E-state index >= 15 is 0 Å². The van der Waals surface area contributed by atoms with Crippen LogP contribution in [-0.2, 0) is 4.79 Å². The molecule has 0 radical (unpaired) electrons. The Kier molecular flexibility index (Phi) is 5.66. The first-order valence-corrected chi connectivity index (χ1v) is 7.14. The maximum Gasteiger partial charge on any atom is 0.221 e. The Morgan fingerprint density at radius 2 is 1.94 bits per heavy atom. The molecule has 0 saturated carbocycles. The van der Waals surface area contributed by atoms with Gasteiger partial charge in [0, 0.05) is 20.4 Å². The summed E-state index contributed by atoms with van der Waals surface area (Å²) in [7, 11) is 0. The molecule has 0 fully saturated rings. The number of hydrogen-bond acceptors (Lipinski definition) is 2. The SMILES string of the molecule is CCC(C)C(=O)C(F)C(=O)c1cc(Br)ccc1Br. The second kappa shape index (κ2) is 6.57. The van der Waals surface area contributed by atoms with Crippen LogP contribution >= 0.6 is 31.9 Å². The van der Waals surface area contributed by atoms with E-state index in [9.17, 15) is 14.0 Å². The molecule has 0 aliphatic heterocycles. The van der Waals surface area contributed by atoms with E-state index in [1.54, 1.807) is 26.0 Å². The Hall–Kier alpha value is -0.550. The molecule has 0 heterocycles. The standard InChI is InChI=1S/C13H13Br2FO2/c1-3-7(2)12(17)11(16)13(18)9-6-8(14)4-5-10(9)15/h4-7,11H,3H2,1-2H3. The van der Waals surface area contributed by atoms with Crippen molar-refractivity contribution in [1.29, 1.82) is 0 Å². The van der Waals surface area contributed by atoms with Gasteiger partial charge in [-0.3, -0.25) is 9.59 Å². The Bertz CT molecular complexity index is 474. The van der Waals surface area contributed by atoms with Crippen LogP contribution < -0.4 is 0 Å². The molecule has 2 nitrogen and oxygen atoms in total. The maximum absolute atomic E-state index is 13.9. The highest BCUT2D eigenvalue weighted by atomic mass is 79.9. The molecule has 0 spiro atoms. The third kappa shape index (κ3) is 3.48. The number of alkyl halides is 1. The summed E-state index contributed by atoms with van der Waals surface area (Å²) in [4.78, 5) is 23.6. The van der Waals surface area contributed by atoms with Crippen LogP contribution in [0.3, 0.4) is 0 Å². The van der Waals surface area contributed by atoms with Crippen LogP contribution in [0.25, 0.3) is 0 Å². The van der Waals surface area contributed by atoms with E-state index in [0.717, 1.165) is 0 Å². The first-order valence-electron chi connectivity index (χ1n) is 5.55. The highest BCUT2D eigenvalue weighted by molar-refractivity contribution is 9.11. The fourth-order valence-electron chi connectivity index (χ4n) is 1.40. The molecule has 5 heteroatoms. The maximum atomic E-state index is 13.9. The molecule has 2 atom stereocenters. The molecule has 0 aromatic heterocycles. The summed E-state index contributed by atoms with van der Waals surface area (Å²) in [6.45, 7) is 3.41. The average molecular weight is 380 g/mol. The summed E-state index contributed by atoms with van der Waals surface area (Å²) < 4.78 is 15.0. The highest BCUT2D eigenvalue weighted by Crippen LogP contribution is 2.24. The molecule has 0 N–H and O–H groups in total. The zero-order valence-corrected chi connectivity index (χ0v) is 13.2. The Morgan fingerprint density at radius 1 is 1.33 bits per heavy atom. The normalized spacial score (nSPS) is 14.1. The van der Waals surface area contributed by atoms with Crippen molar-refractivity contribution in [3.05, 3.63) is 32.7 Å². The number of halogens is 3. The van der Waals surface area contributed by atoms with Gasteiger partial charge in [-0.05, 0) is 24.6 Å². The molecule has 2 unspecified atom stereocenters. The number of carbonyl (C=O) groups is 2. The molecule has 0 aliphatic carbocycles. The third-order valence-electron chi connectivity index (χ3n) is 2.77. The number of benzene rings is 1. The van der Waals surface area contributed by atoms with Gasteiger partial charge in [-0.1, -0.05) is 45.7 Å². The van der Waals surface area contributed by atoms with Crippen molar-refractivity contribution in [3.63, 3.8) is 0 Å². The molecule has 98 valence electrons. The minimum absolute atomic E-state index is 0.175. The Labute approximate surface area is 122 Å². The smallest absolute Gasteiger partial charge is 0.221 e. The van der Waals surface area contributed by atoms with Crippen LogP contribution in [0.15, 0.2) is 27.1 Å². The predicted molar refractivity (Wildman–Crippen MR) is 75.5 cm³/mol. The van der Waals surface area contributed by atoms with E-state index in [-0.39, 0.29) is 5.56 Å². The van der Waals surface area contributed by atoms with Crippen molar-refractivity contribution in [1.82, 2.24) is 0 Å². The molecule has 0 amide bonds. The molecular formula is C13H13Br2FO2. The monoisotopic (exact) mass is 378 g/mol. The summed E-state index contributed by atoms with van der Waals surface area (Å²) in [6.07, 6.45) is -1.57. The second-order valence-electron chi connectivity index (χ2n) is 4.06. The van der Waals surface area contributed by atoms with E-state index in [1.807, 2.05) is 0 Å². The van der Waals surface area contributed by atoms with Crippen molar-refractivity contribution < 1.29 is 14.0 Å². The van der Waals surface area contributed by atoms with Crippen LogP contribution in [0.4, 0.5) is 4.39 Å².